The average molecular weight is 404 g/mol. The number of methoxy groups -OCH3 is 2. The molecule has 1 saturated carbocycles. The van der Waals surface area contributed by atoms with Crippen molar-refractivity contribution < 1.29 is 19.4 Å². The number of rotatable bonds is 8. The lowest BCUT2D eigenvalue weighted by Crippen LogP contribution is -2.39. The molecule has 152 valence electrons. The van der Waals surface area contributed by atoms with Crippen molar-refractivity contribution in [3.8, 4) is 11.5 Å². The number of aliphatic hydroxyl groups excluding tert-OH is 1. The molecule has 2 aromatic rings. The highest BCUT2D eigenvalue weighted by Crippen LogP contribution is 2.44. The van der Waals surface area contributed by atoms with Crippen molar-refractivity contribution in [2.45, 2.75) is 50.5 Å². The van der Waals surface area contributed by atoms with Gasteiger partial charge in [-0.3, -0.25) is 4.79 Å². The second-order valence-corrected chi connectivity index (χ2v) is 8.62. The second-order valence-electron chi connectivity index (χ2n) is 7.51. The quantitative estimate of drug-likeness (QED) is 0.699. The summed E-state index contributed by atoms with van der Waals surface area (Å²) in [7, 11) is 3.19. The van der Waals surface area contributed by atoms with Crippen LogP contribution in [0.2, 0.25) is 0 Å². The normalized spacial score (nSPS) is 16.6. The van der Waals surface area contributed by atoms with Crippen LogP contribution >= 0.6 is 11.3 Å². The summed E-state index contributed by atoms with van der Waals surface area (Å²) in [6.45, 7) is 2.43. The molecule has 1 aromatic carbocycles. The van der Waals surface area contributed by atoms with E-state index in [0.717, 1.165) is 23.3 Å². The largest absolute Gasteiger partial charge is 0.493 e. The van der Waals surface area contributed by atoms with Crippen LogP contribution in [-0.4, -0.2) is 31.8 Å². The first-order valence-corrected chi connectivity index (χ1v) is 10.5. The highest BCUT2D eigenvalue weighted by Gasteiger charge is 2.37. The lowest BCUT2D eigenvalue weighted by molar-refractivity contribution is -0.120. The first-order chi connectivity index (χ1) is 13.5. The van der Waals surface area contributed by atoms with Gasteiger partial charge in [0.05, 0.1) is 26.7 Å². The maximum absolute atomic E-state index is 12.6. The smallest absolute Gasteiger partial charge is 0.224 e. The molecular weight excluding hydrogens is 374 g/mol. The molecule has 0 aliphatic heterocycles. The van der Waals surface area contributed by atoms with Crippen LogP contribution < -0.4 is 14.8 Å². The van der Waals surface area contributed by atoms with E-state index < -0.39 is 6.10 Å². The Morgan fingerprint density at radius 2 is 1.89 bits per heavy atom. The van der Waals surface area contributed by atoms with E-state index in [1.165, 1.54) is 17.7 Å². The summed E-state index contributed by atoms with van der Waals surface area (Å²) >= 11 is 1.67. The molecule has 1 heterocycles. The molecule has 0 radical (unpaired) electrons. The van der Waals surface area contributed by atoms with Crippen LogP contribution in [0.3, 0.4) is 0 Å². The van der Waals surface area contributed by atoms with E-state index >= 15 is 0 Å². The summed E-state index contributed by atoms with van der Waals surface area (Å²) in [5, 5.41) is 13.0. The minimum Gasteiger partial charge on any atom is -0.493 e. The fourth-order valence-electron chi connectivity index (χ4n) is 3.93. The summed E-state index contributed by atoms with van der Waals surface area (Å²) in [6.07, 6.45) is 4.35. The summed E-state index contributed by atoms with van der Waals surface area (Å²) in [6, 6.07) is 9.69. The summed E-state index contributed by atoms with van der Waals surface area (Å²) < 4.78 is 10.6. The standard InChI is InChI=1S/C22H29NO4S/c1-15(24)19-8-9-20(28-19)22(10-4-5-11-22)14-23-21(25)13-16-6-7-17(26-2)18(12-16)27-3/h6-9,12,15,24H,4-5,10-11,13-14H2,1-3H3,(H,23,25). The Balaban J connectivity index is 1.66. The summed E-state index contributed by atoms with van der Waals surface area (Å²) in [5.41, 5.74) is 0.883. The van der Waals surface area contributed by atoms with E-state index in [1.807, 2.05) is 24.3 Å². The minimum atomic E-state index is -0.447. The molecule has 1 atom stereocenters. The molecule has 1 aromatic heterocycles. The number of thiophene rings is 1. The zero-order valence-electron chi connectivity index (χ0n) is 16.8. The van der Waals surface area contributed by atoms with E-state index in [9.17, 15) is 9.90 Å². The van der Waals surface area contributed by atoms with Gasteiger partial charge in [0.1, 0.15) is 0 Å². The van der Waals surface area contributed by atoms with Gasteiger partial charge in [0.25, 0.3) is 0 Å². The maximum Gasteiger partial charge on any atom is 0.224 e. The monoisotopic (exact) mass is 403 g/mol. The van der Waals surface area contributed by atoms with Crippen molar-refractivity contribution in [2.75, 3.05) is 20.8 Å². The van der Waals surface area contributed by atoms with Gasteiger partial charge >= 0.3 is 0 Å². The van der Waals surface area contributed by atoms with E-state index in [4.69, 9.17) is 9.47 Å². The zero-order valence-corrected chi connectivity index (χ0v) is 17.6. The fraction of sp³-hybridized carbons (Fsp3) is 0.500. The highest BCUT2D eigenvalue weighted by atomic mass is 32.1. The Hall–Kier alpha value is -2.05. The van der Waals surface area contributed by atoms with Gasteiger partial charge in [0, 0.05) is 21.7 Å². The number of hydrogen-bond acceptors (Lipinski definition) is 5. The Labute approximate surface area is 170 Å². The molecule has 2 N–H and O–H groups in total. The van der Waals surface area contributed by atoms with Crippen LogP contribution in [0.1, 0.15) is 54.0 Å². The predicted octanol–water partition coefficient (Wildman–Crippen LogP) is 3.99. The van der Waals surface area contributed by atoms with Gasteiger partial charge in [0.2, 0.25) is 5.91 Å². The molecule has 3 rings (SSSR count). The molecule has 28 heavy (non-hydrogen) atoms. The first-order valence-electron chi connectivity index (χ1n) is 9.73. The molecule has 1 aliphatic carbocycles. The number of carbonyl (C=O) groups excluding carboxylic acids is 1. The Morgan fingerprint density at radius 1 is 1.18 bits per heavy atom. The highest BCUT2D eigenvalue weighted by molar-refractivity contribution is 7.12. The predicted molar refractivity (Wildman–Crippen MR) is 111 cm³/mol. The first kappa shape index (κ1) is 20.7. The number of benzene rings is 1. The van der Waals surface area contributed by atoms with Crippen LogP contribution in [0.5, 0.6) is 11.5 Å². The van der Waals surface area contributed by atoms with Crippen molar-refractivity contribution in [3.05, 3.63) is 45.6 Å². The van der Waals surface area contributed by atoms with Gasteiger partial charge in [-0.1, -0.05) is 18.9 Å². The van der Waals surface area contributed by atoms with Crippen LogP contribution in [0, 0.1) is 0 Å². The molecule has 1 unspecified atom stereocenters. The molecule has 6 heteroatoms. The van der Waals surface area contributed by atoms with Crippen LogP contribution in [-0.2, 0) is 16.6 Å². The molecular formula is C22H29NO4S. The molecule has 1 aliphatic rings. The summed E-state index contributed by atoms with van der Waals surface area (Å²) in [4.78, 5) is 14.8. The Bertz CT molecular complexity index is 809. The van der Waals surface area contributed by atoms with Gasteiger partial charge in [-0.15, -0.1) is 11.3 Å². The SMILES string of the molecule is COc1ccc(CC(=O)NCC2(c3ccc(C(C)O)s3)CCCC2)cc1OC. The van der Waals surface area contributed by atoms with Crippen molar-refractivity contribution in [3.63, 3.8) is 0 Å². The third kappa shape index (κ3) is 4.50. The number of aliphatic hydroxyl groups is 1. The van der Waals surface area contributed by atoms with Crippen molar-refractivity contribution in [2.24, 2.45) is 0 Å². The molecule has 0 saturated heterocycles. The lowest BCUT2D eigenvalue weighted by atomic mass is 9.84. The van der Waals surface area contributed by atoms with Crippen molar-refractivity contribution in [1.29, 1.82) is 0 Å². The van der Waals surface area contributed by atoms with E-state index in [2.05, 4.69) is 11.4 Å². The molecule has 0 bridgehead atoms. The topological polar surface area (TPSA) is 67.8 Å². The van der Waals surface area contributed by atoms with Gasteiger partial charge in [-0.05, 0) is 49.6 Å². The van der Waals surface area contributed by atoms with Gasteiger partial charge in [-0.2, -0.15) is 0 Å². The second kappa shape index (κ2) is 8.97. The summed E-state index contributed by atoms with van der Waals surface area (Å²) in [5.74, 6) is 1.29. The molecule has 5 nitrogen and oxygen atoms in total. The van der Waals surface area contributed by atoms with E-state index in [-0.39, 0.29) is 11.3 Å². The van der Waals surface area contributed by atoms with Crippen LogP contribution in [0.15, 0.2) is 30.3 Å². The number of ether oxygens (including phenoxy) is 2. The minimum absolute atomic E-state index is 0.00537. The van der Waals surface area contributed by atoms with Crippen LogP contribution in [0.25, 0.3) is 0 Å². The number of carbonyl (C=O) groups is 1. The lowest BCUT2D eigenvalue weighted by Gasteiger charge is -2.28. The Morgan fingerprint density at radius 3 is 2.50 bits per heavy atom. The van der Waals surface area contributed by atoms with Crippen molar-refractivity contribution in [1.82, 2.24) is 5.32 Å². The van der Waals surface area contributed by atoms with E-state index in [0.29, 0.717) is 24.5 Å². The average Bonchev–Trinajstić information content (AvgIpc) is 3.36. The molecule has 1 fully saturated rings. The zero-order chi connectivity index (χ0) is 20.1. The number of nitrogens with one attached hydrogen (secondary N) is 1. The number of hydrogen-bond donors (Lipinski definition) is 2. The Kier molecular flexibility index (Phi) is 6.62. The fourth-order valence-corrected chi connectivity index (χ4v) is 5.12. The number of amides is 1. The van der Waals surface area contributed by atoms with Gasteiger partial charge in [0.15, 0.2) is 11.5 Å². The molecule has 1 amide bonds. The van der Waals surface area contributed by atoms with Gasteiger partial charge < -0.3 is 19.9 Å². The van der Waals surface area contributed by atoms with Crippen LogP contribution in [0.4, 0.5) is 0 Å². The maximum atomic E-state index is 12.6. The van der Waals surface area contributed by atoms with Crippen molar-refractivity contribution >= 4 is 17.2 Å². The third-order valence-corrected chi connectivity index (χ3v) is 7.06. The van der Waals surface area contributed by atoms with E-state index in [1.54, 1.807) is 32.5 Å². The van der Waals surface area contributed by atoms with Gasteiger partial charge in [-0.25, -0.2) is 0 Å². The molecule has 0 spiro atoms. The third-order valence-electron chi connectivity index (χ3n) is 5.56.